The monoisotopic (exact) mass is 400 g/mol. The second-order valence-electron chi connectivity index (χ2n) is 7.17. The molecule has 6 nitrogen and oxygen atoms in total. The third-order valence-corrected chi connectivity index (χ3v) is 4.27. The zero-order valence-corrected chi connectivity index (χ0v) is 17.5. The lowest BCUT2D eigenvalue weighted by atomic mass is 9.89. The van der Waals surface area contributed by atoms with Crippen molar-refractivity contribution in [2.45, 2.75) is 39.0 Å². The van der Waals surface area contributed by atoms with Gasteiger partial charge in [0.2, 0.25) is 0 Å². The summed E-state index contributed by atoms with van der Waals surface area (Å²) < 4.78 is 0. The highest BCUT2D eigenvalue weighted by Gasteiger charge is 2.12. The zero-order valence-electron chi connectivity index (χ0n) is 16.7. The molecule has 1 unspecified atom stereocenters. The highest BCUT2D eigenvalue weighted by atomic mass is 35.5. The van der Waals surface area contributed by atoms with Gasteiger partial charge >= 0.3 is 11.9 Å². The average Bonchev–Trinajstić information content (AvgIpc) is 2.58. The molecule has 0 saturated carbocycles. The number of hydrogen-bond donors (Lipinski definition) is 3. The third-order valence-electron chi connectivity index (χ3n) is 4.02. The summed E-state index contributed by atoms with van der Waals surface area (Å²) in [6.07, 6.45) is 3.74. The van der Waals surface area contributed by atoms with Gasteiger partial charge in [-0.05, 0) is 63.0 Å². The highest BCUT2D eigenvalue weighted by Crippen LogP contribution is 2.27. The van der Waals surface area contributed by atoms with Crippen LogP contribution in [0.5, 0.6) is 0 Å². The molecule has 0 fully saturated rings. The number of carbonyl (C=O) groups is 2. The summed E-state index contributed by atoms with van der Waals surface area (Å²) in [5.74, 6) is -2.25. The normalized spacial score (nSPS) is 11.8. The molecule has 0 bridgehead atoms. The van der Waals surface area contributed by atoms with Crippen LogP contribution in [0.1, 0.15) is 44.6 Å². The van der Waals surface area contributed by atoms with Crippen molar-refractivity contribution in [3.63, 3.8) is 0 Å². The Bertz CT molecular complexity index is 535. The van der Waals surface area contributed by atoms with Crippen molar-refractivity contribution in [3.05, 3.63) is 34.9 Å². The number of likely N-dealkylation sites (N-methyl/N-ethyl adjacent to an activating group) is 1. The Kier molecular flexibility index (Phi) is 13.6. The first-order valence-corrected chi connectivity index (χ1v) is 9.58. The van der Waals surface area contributed by atoms with Gasteiger partial charge in [0.1, 0.15) is 0 Å². The molecular weight excluding hydrogens is 368 g/mol. The average molecular weight is 401 g/mol. The van der Waals surface area contributed by atoms with Gasteiger partial charge in [-0.3, -0.25) is 0 Å². The van der Waals surface area contributed by atoms with E-state index in [2.05, 4.69) is 50.3 Å². The van der Waals surface area contributed by atoms with Crippen molar-refractivity contribution < 1.29 is 19.8 Å². The molecule has 1 aromatic carbocycles. The van der Waals surface area contributed by atoms with Crippen LogP contribution in [-0.2, 0) is 9.59 Å². The van der Waals surface area contributed by atoms with Crippen LogP contribution in [0.25, 0.3) is 0 Å². The van der Waals surface area contributed by atoms with Crippen molar-refractivity contribution in [1.82, 2.24) is 10.2 Å². The van der Waals surface area contributed by atoms with E-state index in [0.717, 1.165) is 30.6 Å². The van der Waals surface area contributed by atoms with E-state index in [1.54, 1.807) is 0 Å². The maximum absolute atomic E-state index is 9.10. The Hall–Kier alpha value is -1.63. The molecule has 0 aliphatic rings. The number of carboxylic acids is 2. The second-order valence-corrected chi connectivity index (χ2v) is 7.61. The first kappa shape index (κ1) is 25.4. The third kappa shape index (κ3) is 14.1. The maximum atomic E-state index is 9.10. The van der Waals surface area contributed by atoms with Gasteiger partial charge in [-0.2, -0.15) is 0 Å². The molecule has 1 rings (SSSR count). The molecule has 0 aliphatic heterocycles. The van der Waals surface area contributed by atoms with E-state index in [1.807, 2.05) is 12.1 Å². The largest absolute Gasteiger partial charge is 0.473 e. The van der Waals surface area contributed by atoms with Crippen molar-refractivity contribution >= 4 is 23.5 Å². The molecule has 0 saturated heterocycles. The number of rotatable bonds is 10. The van der Waals surface area contributed by atoms with Gasteiger partial charge in [0.25, 0.3) is 0 Å². The molecule has 7 heteroatoms. The fourth-order valence-electron chi connectivity index (χ4n) is 2.45. The van der Waals surface area contributed by atoms with Crippen molar-refractivity contribution in [2.24, 2.45) is 5.92 Å². The zero-order chi connectivity index (χ0) is 20.8. The topological polar surface area (TPSA) is 89.9 Å². The van der Waals surface area contributed by atoms with E-state index in [4.69, 9.17) is 31.4 Å². The van der Waals surface area contributed by atoms with Crippen LogP contribution in [-0.4, -0.2) is 60.8 Å². The molecular formula is C20H33ClN2O4. The summed E-state index contributed by atoms with van der Waals surface area (Å²) >= 11 is 6.00. The SMILES string of the molecule is CC(C)CCC(CCNCCN(C)C)c1ccc(Cl)cc1.O=C(O)C(=O)O. The van der Waals surface area contributed by atoms with Gasteiger partial charge in [-0.25, -0.2) is 9.59 Å². The molecule has 0 aromatic heterocycles. The Morgan fingerprint density at radius 3 is 2.00 bits per heavy atom. The van der Waals surface area contributed by atoms with Crippen LogP contribution >= 0.6 is 11.6 Å². The lowest BCUT2D eigenvalue weighted by molar-refractivity contribution is -0.159. The molecule has 1 atom stereocenters. The molecule has 0 aliphatic carbocycles. The van der Waals surface area contributed by atoms with Gasteiger partial charge in [0, 0.05) is 18.1 Å². The summed E-state index contributed by atoms with van der Waals surface area (Å²) in [7, 11) is 4.22. The molecule has 0 radical (unpaired) electrons. The van der Waals surface area contributed by atoms with Crippen molar-refractivity contribution in [1.29, 1.82) is 0 Å². The molecule has 3 N–H and O–H groups in total. The van der Waals surface area contributed by atoms with Crippen LogP contribution < -0.4 is 5.32 Å². The van der Waals surface area contributed by atoms with Gasteiger partial charge in [0.05, 0.1) is 0 Å². The first-order chi connectivity index (χ1) is 12.6. The number of benzene rings is 1. The number of nitrogens with zero attached hydrogens (tertiary/aromatic N) is 1. The van der Waals surface area contributed by atoms with Crippen molar-refractivity contribution in [2.75, 3.05) is 33.7 Å². The molecule has 0 amide bonds. The molecule has 0 spiro atoms. The predicted octanol–water partition coefficient (Wildman–Crippen LogP) is 3.56. The summed E-state index contributed by atoms with van der Waals surface area (Å²) in [5.41, 5.74) is 1.43. The van der Waals surface area contributed by atoms with Crippen LogP contribution in [0.15, 0.2) is 24.3 Å². The number of carboxylic acid groups (broad SMARTS) is 2. The van der Waals surface area contributed by atoms with Crippen LogP contribution in [0.2, 0.25) is 5.02 Å². The Balaban J connectivity index is 0.000000972. The van der Waals surface area contributed by atoms with E-state index in [9.17, 15) is 0 Å². The number of aliphatic carboxylic acids is 2. The first-order valence-electron chi connectivity index (χ1n) is 9.20. The number of nitrogens with one attached hydrogen (secondary N) is 1. The smallest absolute Gasteiger partial charge is 0.414 e. The molecule has 154 valence electrons. The standard InChI is InChI=1S/C18H31ClN2.C2H2O4/c1-15(2)5-6-17(11-12-20-13-14-21(3)4)16-7-9-18(19)10-8-16;3-1(4)2(5)6/h7-10,15,17,20H,5-6,11-14H2,1-4H3;(H,3,4)(H,5,6). The van der Waals surface area contributed by atoms with Gasteiger partial charge in [0.15, 0.2) is 0 Å². The van der Waals surface area contributed by atoms with E-state index < -0.39 is 11.9 Å². The Labute approximate surface area is 167 Å². The molecule has 1 aromatic rings. The Morgan fingerprint density at radius 1 is 1.00 bits per heavy atom. The number of halogens is 1. The minimum Gasteiger partial charge on any atom is -0.473 e. The van der Waals surface area contributed by atoms with Crippen LogP contribution in [0.3, 0.4) is 0 Å². The minimum atomic E-state index is -1.82. The van der Waals surface area contributed by atoms with Gasteiger partial charge in [-0.1, -0.05) is 44.0 Å². The van der Waals surface area contributed by atoms with Crippen LogP contribution in [0.4, 0.5) is 0 Å². The van der Waals surface area contributed by atoms with E-state index in [-0.39, 0.29) is 0 Å². The highest BCUT2D eigenvalue weighted by molar-refractivity contribution is 6.30. The summed E-state index contributed by atoms with van der Waals surface area (Å²) in [6.45, 7) is 7.84. The minimum absolute atomic E-state index is 0.636. The fourth-order valence-corrected chi connectivity index (χ4v) is 2.58. The Morgan fingerprint density at radius 2 is 1.56 bits per heavy atom. The lowest BCUT2D eigenvalue weighted by Gasteiger charge is -2.19. The number of hydrogen-bond acceptors (Lipinski definition) is 4. The second kappa shape index (κ2) is 14.4. The summed E-state index contributed by atoms with van der Waals surface area (Å²) in [5, 5.41) is 19.2. The molecule has 0 heterocycles. The van der Waals surface area contributed by atoms with E-state index >= 15 is 0 Å². The quantitative estimate of drug-likeness (QED) is 0.411. The summed E-state index contributed by atoms with van der Waals surface area (Å²) in [6, 6.07) is 8.40. The maximum Gasteiger partial charge on any atom is 0.414 e. The molecule has 27 heavy (non-hydrogen) atoms. The summed E-state index contributed by atoms with van der Waals surface area (Å²) in [4.78, 5) is 20.4. The fraction of sp³-hybridized carbons (Fsp3) is 0.600. The van der Waals surface area contributed by atoms with Gasteiger partial charge < -0.3 is 20.4 Å². The van der Waals surface area contributed by atoms with Crippen molar-refractivity contribution in [3.8, 4) is 0 Å². The van der Waals surface area contributed by atoms with Gasteiger partial charge in [-0.15, -0.1) is 0 Å². The van der Waals surface area contributed by atoms with Crippen LogP contribution in [0, 0.1) is 5.92 Å². The van der Waals surface area contributed by atoms with E-state index in [1.165, 1.54) is 24.8 Å². The lowest BCUT2D eigenvalue weighted by Crippen LogP contribution is -2.27. The predicted molar refractivity (Wildman–Crippen MR) is 110 cm³/mol. The van der Waals surface area contributed by atoms with E-state index in [0.29, 0.717) is 5.92 Å².